The summed E-state index contributed by atoms with van der Waals surface area (Å²) in [6.45, 7) is 1.44. The highest BCUT2D eigenvalue weighted by atomic mass is 16.6. The van der Waals surface area contributed by atoms with Crippen molar-refractivity contribution in [2.24, 2.45) is 0 Å². The molecule has 1 atom stereocenters. The van der Waals surface area contributed by atoms with Gasteiger partial charge in [0.1, 0.15) is 5.69 Å². The lowest BCUT2D eigenvalue weighted by molar-refractivity contribution is -0.384. The zero-order valence-corrected chi connectivity index (χ0v) is 17.4. The minimum absolute atomic E-state index is 0.0268. The number of esters is 1. The topological polar surface area (TPSA) is 110 Å². The molecule has 0 unspecified atom stereocenters. The number of rotatable bonds is 7. The summed E-state index contributed by atoms with van der Waals surface area (Å²) in [5, 5.41) is 11.4. The molecule has 0 heterocycles. The Kier molecular flexibility index (Phi) is 6.89. The maximum absolute atomic E-state index is 13.0. The fourth-order valence-corrected chi connectivity index (χ4v) is 2.84. The van der Waals surface area contributed by atoms with Gasteiger partial charge in [0.2, 0.25) is 0 Å². The van der Waals surface area contributed by atoms with E-state index in [-0.39, 0.29) is 22.4 Å². The van der Waals surface area contributed by atoms with E-state index in [0.717, 1.165) is 0 Å². The molecule has 2 aromatic rings. The number of ether oxygens (including phenoxy) is 1. The van der Waals surface area contributed by atoms with Crippen molar-refractivity contribution < 1.29 is 24.0 Å². The van der Waals surface area contributed by atoms with Crippen molar-refractivity contribution in [2.45, 2.75) is 13.0 Å². The molecule has 0 fully saturated rings. The highest BCUT2D eigenvalue weighted by Crippen LogP contribution is 2.29. The fraction of sp³-hybridized carbons (Fsp3) is 0.286. The summed E-state index contributed by atoms with van der Waals surface area (Å²) in [6, 6.07) is 10.1. The van der Waals surface area contributed by atoms with E-state index in [4.69, 9.17) is 4.74 Å². The second-order valence-electron chi connectivity index (χ2n) is 7.01. The zero-order chi connectivity index (χ0) is 22.6. The predicted molar refractivity (Wildman–Crippen MR) is 111 cm³/mol. The molecule has 158 valence electrons. The molecule has 0 N–H and O–H groups in total. The van der Waals surface area contributed by atoms with Gasteiger partial charge in [0, 0.05) is 45.4 Å². The number of hydrogen-bond acceptors (Lipinski definition) is 7. The van der Waals surface area contributed by atoms with E-state index in [0.29, 0.717) is 5.69 Å². The van der Waals surface area contributed by atoms with Gasteiger partial charge in [-0.3, -0.25) is 19.7 Å². The lowest BCUT2D eigenvalue weighted by Crippen LogP contribution is -2.35. The summed E-state index contributed by atoms with van der Waals surface area (Å²) in [6.07, 6.45) is -1.03. The minimum Gasteiger partial charge on any atom is -0.449 e. The zero-order valence-electron chi connectivity index (χ0n) is 17.4. The number of benzene rings is 2. The Labute approximate surface area is 174 Å². The predicted octanol–water partition coefficient (Wildman–Crippen LogP) is 2.53. The van der Waals surface area contributed by atoms with Crippen LogP contribution >= 0.6 is 0 Å². The van der Waals surface area contributed by atoms with E-state index in [1.165, 1.54) is 56.3 Å². The summed E-state index contributed by atoms with van der Waals surface area (Å²) >= 11 is 0. The molecule has 0 bridgehead atoms. The first-order valence-electron chi connectivity index (χ1n) is 9.06. The van der Waals surface area contributed by atoms with Crippen LogP contribution in [-0.4, -0.2) is 61.8 Å². The van der Waals surface area contributed by atoms with Crippen LogP contribution in [0.3, 0.4) is 0 Å². The van der Waals surface area contributed by atoms with Gasteiger partial charge in [0.15, 0.2) is 11.9 Å². The average molecular weight is 413 g/mol. The molecule has 0 saturated carbocycles. The quantitative estimate of drug-likeness (QED) is 0.297. The van der Waals surface area contributed by atoms with Crippen LogP contribution in [-0.2, 0) is 9.53 Å². The molecule has 0 radical (unpaired) electrons. The van der Waals surface area contributed by atoms with Gasteiger partial charge < -0.3 is 14.5 Å². The maximum Gasteiger partial charge on any atom is 0.339 e. The number of carbonyl (C=O) groups excluding carboxylic acids is 3. The third-order valence-electron chi connectivity index (χ3n) is 4.38. The monoisotopic (exact) mass is 413 g/mol. The summed E-state index contributed by atoms with van der Waals surface area (Å²) < 4.78 is 5.20. The molecule has 9 nitrogen and oxygen atoms in total. The van der Waals surface area contributed by atoms with Crippen LogP contribution in [0.2, 0.25) is 0 Å². The molecule has 0 aromatic heterocycles. The SMILES string of the molecule is C[C@@H](OC(=O)c1ccccc1C(=O)c1ccc(N(C)C)c([N+](=O)[O-])c1)C(=O)N(C)C. The first kappa shape index (κ1) is 22.5. The molecule has 0 aliphatic heterocycles. The second kappa shape index (κ2) is 9.17. The van der Waals surface area contributed by atoms with Crippen molar-refractivity contribution in [3.05, 3.63) is 69.3 Å². The number of anilines is 1. The number of nitro groups is 1. The molecule has 30 heavy (non-hydrogen) atoms. The molecule has 0 aliphatic rings. The van der Waals surface area contributed by atoms with E-state index in [1.54, 1.807) is 31.1 Å². The maximum atomic E-state index is 13.0. The Balaban J connectivity index is 2.41. The molecule has 0 saturated heterocycles. The van der Waals surface area contributed by atoms with Gasteiger partial charge in [-0.15, -0.1) is 0 Å². The van der Waals surface area contributed by atoms with Crippen molar-refractivity contribution in [3.8, 4) is 0 Å². The van der Waals surface area contributed by atoms with Crippen molar-refractivity contribution in [1.29, 1.82) is 0 Å². The first-order chi connectivity index (χ1) is 14.0. The Bertz CT molecular complexity index is 1000. The average Bonchev–Trinajstić information content (AvgIpc) is 2.71. The van der Waals surface area contributed by atoms with E-state index >= 15 is 0 Å². The largest absolute Gasteiger partial charge is 0.449 e. The summed E-state index contributed by atoms with van der Waals surface area (Å²) in [7, 11) is 6.39. The summed E-state index contributed by atoms with van der Waals surface area (Å²) in [5.41, 5.74) is 0.181. The van der Waals surface area contributed by atoms with Crippen molar-refractivity contribution in [3.63, 3.8) is 0 Å². The number of nitro benzene ring substituents is 1. The van der Waals surface area contributed by atoms with E-state index < -0.39 is 28.7 Å². The van der Waals surface area contributed by atoms with Crippen LogP contribution in [0.1, 0.15) is 33.2 Å². The minimum atomic E-state index is -1.03. The number of carbonyl (C=O) groups is 3. The van der Waals surface area contributed by atoms with Crippen LogP contribution in [0.4, 0.5) is 11.4 Å². The Morgan fingerprint density at radius 2 is 1.60 bits per heavy atom. The lowest BCUT2D eigenvalue weighted by Gasteiger charge is -2.18. The van der Waals surface area contributed by atoms with Crippen LogP contribution in [0.25, 0.3) is 0 Å². The Morgan fingerprint density at radius 3 is 2.13 bits per heavy atom. The van der Waals surface area contributed by atoms with Crippen molar-refractivity contribution >= 4 is 29.0 Å². The molecule has 0 spiro atoms. The summed E-state index contributed by atoms with van der Waals surface area (Å²) in [4.78, 5) is 51.3. The van der Waals surface area contributed by atoms with Crippen LogP contribution in [0, 0.1) is 10.1 Å². The first-order valence-corrected chi connectivity index (χ1v) is 9.06. The van der Waals surface area contributed by atoms with E-state index in [9.17, 15) is 24.5 Å². The van der Waals surface area contributed by atoms with Crippen LogP contribution in [0.15, 0.2) is 42.5 Å². The summed E-state index contributed by atoms with van der Waals surface area (Å²) in [5.74, 6) is -1.80. The van der Waals surface area contributed by atoms with Gasteiger partial charge in [0.05, 0.1) is 10.5 Å². The van der Waals surface area contributed by atoms with Gasteiger partial charge in [-0.2, -0.15) is 0 Å². The second-order valence-corrected chi connectivity index (χ2v) is 7.01. The molecule has 2 aromatic carbocycles. The van der Waals surface area contributed by atoms with E-state index in [1.807, 2.05) is 0 Å². The number of ketones is 1. The van der Waals surface area contributed by atoms with Crippen LogP contribution < -0.4 is 4.90 Å². The Hall–Kier alpha value is -3.75. The third-order valence-corrected chi connectivity index (χ3v) is 4.38. The Morgan fingerprint density at radius 1 is 1.00 bits per heavy atom. The van der Waals surface area contributed by atoms with Gasteiger partial charge in [-0.1, -0.05) is 18.2 Å². The standard InChI is InChI=1S/C21H23N3O6/c1-13(20(26)23(4)5)30-21(27)16-9-7-6-8-15(16)19(25)14-10-11-17(22(2)3)18(12-14)24(28)29/h6-13H,1-5H3/t13-/m1/s1. The molecule has 2 rings (SSSR count). The fourth-order valence-electron chi connectivity index (χ4n) is 2.84. The molecule has 0 aliphatic carbocycles. The molecule has 9 heteroatoms. The third kappa shape index (κ3) is 4.80. The van der Waals surface area contributed by atoms with Gasteiger partial charge in [-0.05, 0) is 25.1 Å². The highest BCUT2D eigenvalue weighted by Gasteiger charge is 2.25. The van der Waals surface area contributed by atoms with Gasteiger partial charge in [0.25, 0.3) is 11.6 Å². The van der Waals surface area contributed by atoms with Crippen molar-refractivity contribution in [2.75, 3.05) is 33.1 Å². The number of nitrogens with zero attached hydrogens (tertiary/aromatic N) is 3. The van der Waals surface area contributed by atoms with Crippen LogP contribution in [0.5, 0.6) is 0 Å². The molecular weight excluding hydrogens is 390 g/mol. The molecule has 1 amide bonds. The van der Waals surface area contributed by atoms with Gasteiger partial charge in [-0.25, -0.2) is 4.79 Å². The normalized spacial score (nSPS) is 11.4. The lowest BCUT2D eigenvalue weighted by atomic mass is 9.97. The number of likely N-dealkylation sites (N-methyl/N-ethyl adjacent to an activating group) is 1. The number of hydrogen-bond donors (Lipinski definition) is 0. The van der Waals surface area contributed by atoms with Gasteiger partial charge >= 0.3 is 5.97 Å². The number of amides is 1. The van der Waals surface area contributed by atoms with E-state index in [2.05, 4.69) is 0 Å². The highest BCUT2D eigenvalue weighted by molar-refractivity contribution is 6.15. The molecular formula is C21H23N3O6. The van der Waals surface area contributed by atoms with Crippen molar-refractivity contribution in [1.82, 2.24) is 4.90 Å². The smallest absolute Gasteiger partial charge is 0.339 e.